The highest BCUT2D eigenvalue weighted by Gasteiger charge is 2.17. The second kappa shape index (κ2) is 9.22. The molecule has 1 aliphatic rings. The fourth-order valence-electron chi connectivity index (χ4n) is 3.08. The van der Waals surface area contributed by atoms with E-state index in [1.54, 1.807) is 11.0 Å². The lowest BCUT2D eigenvalue weighted by Gasteiger charge is -2.16. The third-order valence-electron chi connectivity index (χ3n) is 4.54. The van der Waals surface area contributed by atoms with Crippen molar-refractivity contribution in [1.29, 1.82) is 0 Å². The molecule has 7 nitrogen and oxygen atoms in total. The zero-order valence-electron chi connectivity index (χ0n) is 15.6. The van der Waals surface area contributed by atoms with Gasteiger partial charge in [0.1, 0.15) is 17.9 Å². The van der Waals surface area contributed by atoms with Crippen molar-refractivity contribution in [3.8, 4) is 5.75 Å². The number of para-hydroxylation sites is 1. The lowest BCUT2D eigenvalue weighted by Crippen LogP contribution is -2.37. The summed E-state index contributed by atoms with van der Waals surface area (Å²) in [4.78, 5) is 8.93. The molecule has 3 rings (SSSR count). The Bertz CT molecular complexity index is 720. The number of aryl methyl sites for hydroxylation is 1. The molecule has 7 heteroatoms. The summed E-state index contributed by atoms with van der Waals surface area (Å²) < 4.78 is 7.95. The van der Waals surface area contributed by atoms with Crippen LogP contribution in [0.3, 0.4) is 0 Å². The third-order valence-corrected chi connectivity index (χ3v) is 4.54. The molecular formula is C19H28N6O. The second-order valence-corrected chi connectivity index (χ2v) is 6.48. The molecule has 0 amide bonds. The van der Waals surface area contributed by atoms with Gasteiger partial charge in [0, 0.05) is 19.2 Å². The van der Waals surface area contributed by atoms with Gasteiger partial charge < -0.3 is 15.4 Å². The molecule has 0 unspecified atom stereocenters. The highest BCUT2D eigenvalue weighted by molar-refractivity contribution is 5.79. The largest absolute Gasteiger partial charge is 0.490 e. The number of hydrogen-bond acceptors (Lipinski definition) is 4. The third kappa shape index (κ3) is 4.97. The molecule has 2 aromatic rings. The van der Waals surface area contributed by atoms with Crippen molar-refractivity contribution >= 4 is 5.96 Å². The van der Waals surface area contributed by atoms with Gasteiger partial charge in [0.25, 0.3) is 0 Å². The molecule has 140 valence electrons. The standard InChI is InChI=1S/C19H28N6O/c1-3-20-19(22-13-18-23-14-24-25(18)2)21-12-15-8-4-7-11-17(15)26-16-9-5-6-10-16/h4,7-8,11,14,16H,3,5-6,9-10,12-13H2,1-2H3,(H2,20,21,22). The maximum atomic E-state index is 6.20. The van der Waals surface area contributed by atoms with Crippen LogP contribution in [-0.2, 0) is 20.1 Å². The van der Waals surface area contributed by atoms with E-state index in [1.807, 2.05) is 25.2 Å². The first kappa shape index (κ1) is 18.2. The Morgan fingerprint density at radius 3 is 2.81 bits per heavy atom. The van der Waals surface area contributed by atoms with Gasteiger partial charge in [0.15, 0.2) is 5.96 Å². The zero-order chi connectivity index (χ0) is 18.2. The predicted octanol–water partition coefficient (Wildman–Crippen LogP) is 2.39. The summed E-state index contributed by atoms with van der Waals surface area (Å²) in [5.41, 5.74) is 1.11. The first-order valence-corrected chi connectivity index (χ1v) is 9.36. The van der Waals surface area contributed by atoms with Crippen LogP contribution < -0.4 is 15.4 Å². The zero-order valence-corrected chi connectivity index (χ0v) is 15.6. The van der Waals surface area contributed by atoms with Crippen molar-refractivity contribution < 1.29 is 4.74 Å². The van der Waals surface area contributed by atoms with Crippen molar-refractivity contribution in [3.63, 3.8) is 0 Å². The van der Waals surface area contributed by atoms with Crippen LogP contribution in [0.1, 0.15) is 44.0 Å². The Balaban J connectivity index is 1.64. The lowest BCUT2D eigenvalue weighted by molar-refractivity contribution is 0.208. The van der Waals surface area contributed by atoms with Gasteiger partial charge >= 0.3 is 0 Å². The highest BCUT2D eigenvalue weighted by atomic mass is 16.5. The van der Waals surface area contributed by atoms with Gasteiger partial charge in [0.05, 0.1) is 19.2 Å². The number of nitrogens with one attached hydrogen (secondary N) is 2. The van der Waals surface area contributed by atoms with Crippen LogP contribution in [0.2, 0.25) is 0 Å². The van der Waals surface area contributed by atoms with Gasteiger partial charge in [-0.2, -0.15) is 5.10 Å². The molecule has 0 radical (unpaired) electrons. The number of nitrogens with zero attached hydrogens (tertiary/aromatic N) is 4. The first-order chi connectivity index (χ1) is 12.8. The fourth-order valence-corrected chi connectivity index (χ4v) is 3.08. The molecule has 0 aliphatic heterocycles. The molecule has 1 aliphatic carbocycles. The van der Waals surface area contributed by atoms with E-state index >= 15 is 0 Å². The van der Waals surface area contributed by atoms with Crippen LogP contribution in [0.15, 0.2) is 35.6 Å². The van der Waals surface area contributed by atoms with Crippen LogP contribution in [-0.4, -0.2) is 33.4 Å². The van der Waals surface area contributed by atoms with E-state index in [2.05, 4.69) is 33.7 Å². The molecule has 1 aromatic heterocycles. The van der Waals surface area contributed by atoms with Crippen molar-refractivity contribution in [2.24, 2.45) is 12.0 Å². The van der Waals surface area contributed by atoms with E-state index in [0.29, 0.717) is 19.2 Å². The second-order valence-electron chi connectivity index (χ2n) is 6.48. The van der Waals surface area contributed by atoms with Crippen LogP contribution in [0.25, 0.3) is 0 Å². The minimum atomic E-state index is 0.349. The molecule has 0 spiro atoms. The summed E-state index contributed by atoms with van der Waals surface area (Å²) in [5, 5.41) is 10.7. The Morgan fingerprint density at radius 1 is 1.27 bits per heavy atom. The Hall–Kier alpha value is -2.57. The molecule has 26 heavy (non-hydrogen) atoms. The van der Waals surface area contributed by atoms with E-state index < -0.39 is 0 Å². The number of rotatable bonds is 7. The summed E-state index contributed by atoms with van der Waals surface area (Å²) >= 11 is 0. The van der Waals surface area contributed by atoms with E-state index in [0.717, 1.165) is 42.5 Å². The smallest absolute Gasteiger partial charge is 0.191 e. The number of aliphatic imine (C=N–C) groups is 1. The van der Waals surface area contributed by atoms with Crippen molar-refractivity contribution in [2.45, 2.75) is 51.8 Å². The summed E-state index contributed by atoms with van der Waals surface area (Å²) in [6.07, 6.45) is 6.74. The number of guanidine groups is 1. The van der Waals surface area contributed by atoms with Gasteiger partial charge in [-0.15, -0.1) is 0 Å². The molecule has 1 saturated carbocycles. The maximum absolute atomic E-state index is 6.20. The first-order valence-electron chi connectivity index (χ1n) is 9.36. The average molecular weight is 356 g/mol. The Morgan fingerprint density at radius 2 is 2.08 bits per heavy atom. The topological polar surface area (TPSA) is 76.4 Å². The molecule has 1 aromatic carbocycles. The minimum Gasteiger partial charge on any atom is -0.490 e. The molecular weight excluding hydrogens is 328 g/mol. The summed E-state index contributed by atoms with van der Waals surface area (Å²) in [6.45, 7) is 3.99. The summed E-state index contributed by atoms with van der Waals surface area (Å²) in [5.74, 6) is 2.57. The molecule has 0 saturated heterocycles. The van der Waals surface area contributed by atoms with E-state index in [-0.39, 0.29) is 0 Å². The van der Waals surface area contributed by atoms with E-state index in [1.165, 1.54) is 12.8 Å². The Kier molecular flexibility index (Phi) is 6.46. The van der Waals surface area contributed by atoms with Crippen molar-refractivity contribution in [3.05, 3.63) is 42.0 Å². The van der Waals surface area contributed by atoms with Crippen LogP contribution >= 0.6 is 0 Å². The monoisotopic (exact) mass is 356 g/mol. The summed E-state index contributed by atoms with van der Waals surface area (Å²) in [6, 6.07) is 8.18. The molecule has 0 bridgehead atoms. The molecule has 1 heterocycles. The quantitative estimate of drug-likeness (QED) is 0.588. The van der Waals surface area contributed by atoms with Crippen LogP contribution in [0.4, 0.5) is 0 Å². The van der Waals surface area contributed by atoms with Crippen molar-refractivity contribution in [2.75, 3.05) is 6.54 Å². The van der Waals surface area contributed by atoms with E-state index in [9.17, 15) is 0 Å². The molecule has 1 fully saturated rings. The van der Waals surface area contributed by atoms with Gasteiger partial charge in [-0.25, -0.2) is 9.98 Å². The predicted molar refractivity (Wildman–Crippen MR) is 102 cm³/mol. The number of hydrogen-bond donors (Lipinski definition) is 2. The number of aromatic nitrogens is 3. The van der Waals surface area contributed by atoms with Crippen molar-refractivity contribution in [1.82, 2.24) is 25.4 Å². The van der Waals surface area contributed by atoms with Gasteiger partial charge in [0.2, 0.25) is 0 Å². The Labute approximate surface area is 154 Å². The number of benzene rings is 1. The molecule has 2 N–H and O–H groups in total. The van der Waals surface area contributed by atoms with Gasteiger partial charge in [-0.3, -0.25) is 4.68 Å². The lowest BCUT2D eigenvalue weighted by atomic mass is 10.2. The fraction of sp³-hybridized carbons (Fsp3) is 0.526. The molecule has 0 atom stereocenters. The SMILES string of the molecule is CCNC(=NCc1ccccc1OC1CCCC1)NCc1ncnn1C. The normalized spacial score (nSPS) is 15.2. The minimum absolute atomic E-state index is 0.349. The maximum Gasteiger partial charge on any atom is 0.191 e. The highest BCUT2D eigenvalue weighted by Crippen LogP contribution is 2.26. The van der Waals surface area contributed by atoms with Gasteiger partial charge in [-0.1, -0.05) is 18.2 Å². The number of ether oxygens (including phenoxy) is 1. The average Bonchev–Trinajstić information content (AvgIpc) is 3.30. The van der Waals surface area contributed by atoms with Crippen LogP contribution in [0, 0.1) is 0 Å². The van der Waals surface area contributed by atoms with E-state index in [4.69, 9.17) is 9.73 Å². The van der Waals surface area contributed by atoms with Crippen LogP contribution in [0.5, 0.6) is 5.75 Å². The summed E-state index contributed by atoms with van der Waals surface area (Å²) in [7, 11) is 1.88. The van der Waals surface area contributed by atoms with Gasteiger partial charge in [-0.05, 0) is 38.7 Å².